The van der Waals surface area contributed by atoms with Gasteiger partial charge in [0.15, 0.2) is 0 Å². The first-order valence-corrected chi connectivity index (χ1v) is 9.86. The maximum Gasteiger partial charge on any atom is 0.256 e. The Morgan fingerprint density at radius 1 is 0.931 bits per heavy atom. The van der Waals surface area contributed by atoms with Crippen LogP contribution in [0.4, 0.5) is 5.69 Å². The number of pyridine rings is 1. The Hall–Kier alpha value is -3.17. The molecule has 4 heteroatoms. The molecular weight excluding hydrogens is 380 g/mol. The zero-order valence-corrected chi connectivity index (χ0v) is 17.3. The van der Waals surface area contributed by atoms with Crippen molar-refractivity contribution in [1.29, 1.82) is 0 Å². The van der Waals surface area contributed by atoms with E-state index in [2.05, 4.69) is 11.4 Å². The predicted molar refractivity (Wildman–Crippen MR) is 121 cm³/mol. The second-order valence-corrected chi connectivity index (χ2v) is 7.69. The molecule has 29 heavy (non-hydrogen) atoms. The highest BCUT2D eigenvalue weighted by Gasteiger charge is 2.19. The van der Waals surface area contributed by atoms with Crippen LogP contribution in [-0.2, 0) is 0 Å². The van der Waals surface area contributed by atoms with E-state index < -0.39 is 0 Å². The first-order chi connectivity index (χ1) is 13.9. The molecule has 0 radical (unpaired) electrons. The number of anilines is 1. The van der Waals surface area contributed by atoms with Crippen molar-refractivity contribution in [2.24, 2.45) is 0 Å². The first-order valence-electron chi connectivity index (χ1n) is 9.48. The van der Waals surface area contributed by atoms with E-state index in [1.54, 1.807) is 0 Å². The van der Waals surface area contributed by atoms with Crippen molar-refractivity contribution in [1.82, 2.24) is 4.98 Å². The number of amides is 1. The Labute approximate surface area is 175 Å². The van der Waals surface area contributed by atoms with Crippen molar-refractivity contribution < 1.29 is 4.79 Å². The van der Waals surface area contributed by atoms with Crippen LogP contribution in [0.3, 0.4) is 0 Å². The van der Waals surface area contributed by atoms with Crippen molar-refractivity contribution in [2.75, 3.05) is 5.32 Å². The van der Waals surface area contributed by atoms with Crippen LogP contribution in [0.1, 0.15) is 27.0 Å². The third-order valence-electron chi connectivity index (χ3n) is 5.11. The van der Waals surface area contributed by atoms with Gasteiger partial charge in [0.25, 0.3) is 5.91 Å². The quantitative estimate of drug-likeness (QED) is 0.414. The van der Waals surface area contributed by atoms with Crippen LogP contribution < -0.4 is 5.32 Å². The molecule has 0 aliphatic carbocycles. The van der Waals surface area contributed by atoms with E-state index >= 15 is 0 Å². The zero-order valence-electron chi connectivity index (χ0n) is 16.6. The molecule has 0 unspecified atom stereocenters. The van der Waals surface area contributed by atoms with Crippen LogP contribution in [0, 0.1) is 20.8 Å². The maximum atomic E-state index is 13.4. The number of nitrogens with one attached hydrogen (secondary N) is 1. The Balaban J connectivity index is 1.87. The fraction of sp³-hybridized carbons (Fsp3) is 0.120. The van der Waals surface area contributed by atoms with Gasteiger partial charge >= 0.3 is 0 Å². The van der Waals surface area contributed by atoms with Crippen molar-refractivity contribution in [3.05, 3.63) is 94.0 Å². The highest BCUT2D eigenvalue weighted by atomic mass is 35.5. The molecule has 4 rings (SSSR count). The number of carbonyl (C=O) groups is 1. The Bertz CT molecular complexity index is 1230. The third-order valence-corrected chi connectivity index (χ3v) is 5.36. The number of aromatic nitrogens is 1. The van der Waals surface area contributed by atoms with Gasteiger partial charge in [0.05, 0.1) is 16.8 Å². The molecule has 144 valence electrons. The number of hydrogen-bond donors (Lipinski definition) is 1. The van der Waals surface area contributed by atoms with Crippen molar-refractivity contribution in [3.63, 3.8) is 0 Å². The normalized spacial score (nSPS) is 10.9. The molecule has 0 aliphatic rings. The molecule has 0 spiro atoms. The molecule has 3 aromatic carbocycles. The van der Waals surface area contributed by atoms with Crippen LogP contribution in [0.15, 0.2) is 66.7 Å². The Kier molecular flexibility index (Phi) is 5.08. The summed E-state index contributed by atoms with van der Waals surface area (Å²) in [7, 11) is 0. The van der Waals surface area contributed by atoms with E-state index in [0.29, 0.717) is 10.6 Å². The highest BCUT2D eigenvalue weighted by molar-refractivity contribution is 6.30. The van der Waals surface area contributed by atoms with Crippen LogP contribution in [-0.4, -0.2) is 10.9 Å². The molecule has 1 amide bonds. The third kappa shape index (κ3) is 3.74. The largest absolute Gasteiger partial charge is 0.322 e. The smallest absolute Gasteiger partial charge is 0.256 e. The van der Waals surface area contributed by atoms with Gasteiger partial charge in [-0.25, -0.2) is 4.98 Å². The van der Waals surface area contributed by atoms with Crippen LogP contribution in [0.2, 0.25) is 5.02 Å². The van der Waals surface area contributed by atoms with Gasteiger partial charge in [-0.3, -0.25) is 4.79 Å². The minimum atomic E-state index is -0.136. The molecule has 4 aromatic rings. The number of nitrogens with zero attached hydrogens (tertiary/aromatic N) is 1. The van der Waals surface area contributed by atoms with Gasteiger partial charge < -0.3 is 5.32 Å². The number of fused-ring (bicyclic) bond motifs is 1. The second kappa shape index (κ2) is 7.69. The summed E-state index contributed by atoms with van der Waals surface area (Å²) < 4.78 is 0. The zero-order chi connectivity index (χ0) is 20.5. The molecule has 1 heterocycles. The maximum absolute atomic E-state index is 13.4. The molecule has 0 saturated carbocycles. The minimum Gasteiger partial charge on any atom is -0.322 e. The number of halogens is 1. The van der Waals surface area contributed by atoms with Crippen LogP contribution in [0.25, 0.3) is 22.2 Å². The minimum absolute atomic E-state index is 0.136. The molecule has 0 saturated heterocycles. The molecular formula is C25H21ClN2O. The molecule has 0 fully saturated rings. The lowest BCUT2D eigenvalue weighted by molar-refractivity contribution is 0.102. The molecule has 0 bridgehead atoms. The number of hydrogen-bond acceptors (Lipinski definition) is 2. The summed E-state index contributed by atoms with van der Waals surface area (Å²) in [5, 5.41) is 4.59. The van der Waals surface area contributed by atoms with Gasteiger partial charge in [-0.05, 0) is 56.2 Å². The van der Waals surface area contributed by atoms with Crippen molar-refractivity contribution in [3.8, 4) is 11.3 Å². The monoisotopic (exact) mass is 400 g/mol. The molecule has 1 N–H and O–H groups in total. The number of para-hydroxylation sites is 1. The van der Waals surface area contributed by atoms with Crippen LogP contribution in [0.5, 0.6) is 0 Å². The van der Waals surface area contributed by atoms with E-state index in [0.717, 1.165) is 44.5 Å². The molecule has 1 aromatic heterocycles. The average molecular weight is 401 g/mol. The first kappa shape index (κ1) is 19.2. The van der Waals surface area contributed by atoms with Crippen molar-refractivity contribution >= 4 is 34.1 Å². The van der Waals surface area contributed by atoms with Gasteiger partial charge in [-0.1, -0.05) is 59.6 Å². The summed E-state index contributed by atoms with van der Waals surface area (Å²) in [4.78, 5) is 18.2. The second-order valence-electron chi connectivity index (χ2n) is 7.26. The van der Waals surface area contributed by atoms with Gasteiger partial charge in [-0.15, -0.1) is 0 Å². The summed E-state index contributed by atoms with van der Waals surface area (Å²) in [6.07, 6.45) is 0. The average Bonchev–Trinajstić information content (AvgIpc) is 2.70. The Morgan fingerprint density at radius 3 is 2.38 bits per heavy atom. The topological polar surface area (TPSA) is 42.0 Å². The lowest BCUT2D eigenvalue weighted by atomic mass is 9.97. The predicted octanol–water partition coefficient (Wildman–Crippen LogP) is 6.73. The molecule has 3 nitrogen and oxygen atoms in total. The van der Waals surface area contributed by atoms with E-state index in [9.17, 15) is 4.79 Å². The fourth-order valence-corrected chi connectivity index (χ4v) is 3.75. The SMILES string of the molecule is Cc1ccc(NC(=O)c2c(C)c(-c3ccc(Cl)cc3)nc3ccccc23)c(C)c1. The number of aryl methyl sites for hydroxylation is 2. The van der Waals surface area contributed by atoms with E-state index in [1.807, 2.05) is 81.4 Å². The summed E-state index contributed by atoms with van der Waals surface area (Å²) in [5.74, 6) is -0.136. The summed E-state index contributed by atoms with van der Waals surface area (Å²) >= 11 is 6.05. The number of benzene rings is 3. The number of carbonyl (C=O) groups excluding carboxylic acids is 1. The van der Waals surface area contributed by atoms with Gasteiger partial charge in [0.2, 0.25) is 0 Å². The summed E-state index contributed by atoms with van der Waals surface area (Å²) in [5.41, 5.74) is 6.99. The lowest BCUT2D eigenvalue weighted by Crippen LogP contribution is -2.16. The van der Waals surface area contributed by atoms with E-state index in [-0.39, 0.29) is 5.91 Å². The fourth-order valence-electron chi connectivity index (χ4n) is 3.63. The number of rotatable bonds is 3. The molecule has 0 aliphatic heterocycles. The van der Waals surface area contributed by atoms with Crippen LogP contribution >= 0.6 is 11.6 Å². The molecule has 0 atom stereocenters. The van der Waals surface area contributed by atoms with E-state index in [4.69, 9.17) is 16.6 Å². The van der Waals surface area contributed by atoms with Gasteiger partial charge in [0, 0.05) is 21.7 Å². The summed E-state index contributed by atoms with van der Waals surface area (Å²) in [6.45, 7) is 5.98. The van der Waals surface area contributed by atoms with Gasteiger partial charge in [-0.2, -0.15) is 0 Å². The van der Waals surface area contributed by atoms with Gasteiger partial charge in [0.1, 0.15) is 0 Å². The lowest BCUT2D eigenvalue weighted by Gasteiger charge is -2.16. The highest BCUT2D eigenvalue weighted by Crippen LogP contribution is 2.31. The Morgan fingerprint density at radius 2 is 1.66 bits per heavy atom. The summed E-state index contributed by atoms with van der Waals surface area (Å²) in [6, 6.07) is 21.3. The van der Waals surface area contributed by atoms with Crippen molar-refractivity contribution in [2.45, 2.75) is 20.8 Å². The van der Waals surface area contributed by atoms with E-state index in [1.165, 1.54) is 0 Å². The standard InChI is InChI=1S/C25H21ClN2O/c1-15-8-13-21(16(2)14-15)28-25(29)23-17(3)24(18-9-11-19(26)12-10-18)27-22-7-5-4-6-20(22)23/h4-14H,1-3H3,(H,28,29).